The third kappa shape index (κ3) is 2.31. The van der Waals surface area contributed by atoms with E-state index in [1.165, 1.54) is 17.7 Å². The van der Waals surface area contributed by atoms with E-state index in [-0.39, 0.29) is 23.2 Å². The van der Waals surface area contributed by atoms with Crippen LogP contribution in [0.2, 0.25) is 0 Å². The number of fused-ring (bicyclic) bond motifs is 1. The first kappa shape index (κ1) is 13.7. The molecule has 0 N–H and O–H groups in total. The number of nitrogens with zero attached hydrogens (tertiary/aromatic N) is 3. The Morgan fingerprint density at radius 2 is 2.24 bits per heavy atom. The van der Waals surface area contributed by atoms with Gasteiger partial charge in [-0.2, -0.15) is 0 Å². The molecule has 1 aromatic carbocycles. The number of aromatic nitrogens is 2. The summed E-state index contributed by atoms with van der Waals surface area (Å²) in [6, 6.07) is 5.29. The molecule has 1 aromatic heterocycles. The van der Waals surface area contributed by atoms with Crippen LogP contribution in [0.5, 0.6) is 5.75 Å². The van der Waals surface area contributed by atoms with Crippen molar-refractivity contribution in [2.45, 2.75) is 0 Å². The van der Waals surface area contributed by atoms with Crippen molar-refractivity contribution in [1.29, 1.82) is 0 Å². The van der Waals surface area contributed by atoms with Crippen LogP contribution in [0.25, 0.3) is 6.08 Å². The lowest BCUT2D eigenvalue weighted by Crippen LogP contribution is -2.02. The minimum absolute atomic E-state index is 0.107. The van der Waals surface area contributed by atoms with Crippen LogP contribution in [0, 0.1) is 13.7 Å². The van der Waals surface area contributed by atoms with E-state index in [0.717, 1.165) is 9.77 Å². The molecule has 0 amide bonds. The maximum Gasteiger partial charge on any atom is 0.342 e. The van der Waals surface area contributed by atoms with Gasteiger partial charge in [0.15, 0.2) is 5.76 Å². The van der Waals surface area contributed by atoms with Gasteiger partial charge in [0.05, 0.1) is 18.7 Å². The SMILES string of the molecule is Cn1c([N+](=O)[O-])cnc1/C=C1\Oc2ccc(I)cc2C1=O. The Morgan fingerprint density at radius 3 is 2.90 bits per heavy atom. The van der Waals surface area contributed by atoms with Crippen LogP contribution < -0.4 is 4.74 Å². The zero-order chi connectivity index (χ0) is 15.1. The van der Waals surface area contributed by atoms with Crippen molar-refractivity contribution in [3.05, 3.63) is 55.2 Å². The first-order chi connectivity index (χ1) is 9.97. The maximum atomic E-state index is 12.2. The molecule has 0 saturated heterocycles. The molecule has 0 radical (unpaired) electrons. The van der Waals surface area contributed by atoms with Crippen molar-refractivity contribution in [1.82, 2.24) is 9.55 Å². The summed E-state index contributed by atoms with van der Waals surface area (Å²) >= 11 is 2.11. The summed E-state index contributed by atoms with van der Waals surface area (Å²) in [4.78, 5) is 26.4. The number of hydrogen-bond donors (Lipinski definition) is 0. The number of nitro groups is 1. The van der Waals surface area contributed by atoms with Gasteiger partial charge in [-0.05, 0) is 45.7 Å². The number of rotatable bonds is 2. The van der Waals surface area contributed by atoms with Crippen molar-refractivity contribution in [2.24, 2.45) is 7.05 Å². The summed E-state index contributed by atoms with van der Waals surface area (Å²) in [7, 11) is 1.51. The second-order valence-electron chi connectivity index (χ2n) is 4.37. The van der Waals surface area contributed by atoms with E-state index in [2.05, 4.69) is 27.6 Å². The largest absolute Gasteiger partial charge is 0.452 e. The quantitative estimate of drug-likeness (QED) is 0.337. The van der Waals surface area contributed by atoms with Crippen molar-refractivity contribution in [3.63, 3.8) is 0 Å². The molecule has 7 nitrogen and oxygen atoms in total. The van der Waals surface area contributed by atoms with Crippen LogP contribution in [0.3, 0.4) is 0 Å². The van der Waals surface area contributed by atoms with E-state index < -0.39 is 4.92 Å². The van der Waals surface area contributed by atoms with Crippen molar-refractivity contribution < 1.29 is 14.5 Å². The number of halogens is 1. The van der Waals surface area contributed by atoms with Crippen LogP contribution in [0.15, 0.2) is 30.2 Å². The zero-order valence-corrected chi connectivity index (χ0v) is 12.9. The van der Waals surface area contributed by atoms with Gasteiger partial charge >= 0.3 is 5.82 Å². The van der Waals surface area contributed by atoms with Crippen LogP contribution in [-0.2, 0) is 7.05 Å². The third-order valence-electron chi connectivity index (χ3n) is 3.08. The molecule has 0 atom stereocenters. The molecular formula is C13H8IN3O4. The summed E-state index contributed by atoms with van der Waals surface area (Å²) < 4.78 is 7.70. The number of Topliss-reactive ketones (excluding diaryl/α,β-unsaturated/α-hetero) is 1. The van der Waals surface area contributed by atoms with Gasteiger partial charge in [-0.15, -0.1) is 0 Å². The molecule has 0 spiro atoms. The lowest BCUT2D eigenvalue weighted by atomic mass is 10.1. The van der Waals surface area contributed by atoms with Crippen molar-refractivity contribution in [2.75, 3.05) is 0 Å². The molecule has 2 aromatic rings. The summed E-state index contributed by atoms with van der Waals surface area (Å²) in [6.45, 7) is 0. The van der Waals surface area contributed by atoms with E-state index in [1.54, 1.807) is 12.1 Å². The standard InChI is InChI=1S/C13H8IN3O4/c1-16-11(15-6-12(16)17(19)20)5-10-13(18)8-4-7(14)2-3-9(8)21-10/h2-6H,1H3/b10-5-. The number of ketones is 1. The van der Waals surface area contributed by atoms with Gasteiger partial charge in [0.25, 0.3) is 0 Å². The van der Waals surface area contributed by atoms with E-state index in [4.69, 9.17) is 4.74 Å². The lowest BCUT2D eigenvalue weighted by Gasteiger charge is -1.97. The van der Waals surface area contributed by atoms with Gasteiger partial charge in [0.2, 0.25) is 11.6 Å². The molecular weight excluding hydrogens is 389 g/mol. The van der Waals surface area contributed by atoms with Crippen LogP contribution in [0.4, 0.5) is 5.82 Å². The van der Waals surface area contributed by atoms with E-state index in [0.29, 0.717) is 11.3 Å². The second kappa shape index (κ2) is 4.95. The molecule has 2 heterocycles. The van der Waals surface area contributed by atoms with Gasteiger partial charge in [-0.25, -0.2) is 9.55 Å². The third-order valence-corrected chi connectivity index (χ3v) is 3.75. The summed E-state index contributed by atoms with van der Waals surface area (Å²) in [5, 5.41) is 10.8. The average Bonchev–Trinajstić information content (AvgIpc) is 2.94. The van der Waals surface area contributed by atoms with E-state index >= 15 is 0 Å². The highest BCUT2D eigenvalue weighted by Gasteiger charge is 2.29. The second-order valence-corrected chi connectivity index (χ2v) is 5.62. The molecule has 1 aliphatic heterocycles. The molecule has 8 heteroatoms. The first-order valence-electron chi connectivity index (χ1n) is 5.87. The number of benzene rings is 1. The van der Waals surface area contributed by atoms with Gasteiger partial charge < -0.3 is 14.9 Å². The number of allylic oxidation sites excluding steroid dienone is 1. The van der Waals surface area contributed by atoms with Gasteiger partial charge in [-0.3, -0.25) is 4.79 Å². The van der Waals surface area contributed by atoms with Gasteiger partial charge in [0, 0.05) is 3.57 Å². The molecule has 0 aliphatic carbocycles. The van der Waals surface area contributed by atoms with Crippen LogP contribution in [0.1, 0.15) is 16.2 Å². The predicted octanol–water partition coefficient (Wildman–Crippen LogP) is 2.55. The fraction of sp³-hybridized carbons (Fsp3) is 0.0769. The number of ether oxygens (including phenoxy) is 1. The number of carbonyl (C=O) groups excluding carboxylic acids is 1. The molecule has 0 fully saturated rings. The van der Waals surface area contributed by atoms with Gasteiger partial charge in [-0.1, -0.05) is 0 Å². The fourth-order valence-corrected chi connectivity index (χ4v) is 2.49. The average molecular weight is 397 g/mol. The predicted molar refractivity (Wildman–Crippen MR) is 82.0 cm³/mol. The molecule has 0 bridgehead atoms. The normalized spacial score (nSPS) is 15.1. The smallest absolute Gasteiger partial charge is 0.342 e. The zero-order valence-electron chi connectivity index (χ0n) is 10.7. The Labute approximate surface area is 132 Å². The molecule has 0 saturated carbocycles. The topological polar surface area (TPSA) is 87.3 Å². The summed E-state index contributed by atoms with van der Waals surface area (Å²) in [6.07, 6.45) is 2.55. The van der Waals surface area contributed by atoms with Crippen molar-refractivity contribution >= 4 is 40.3 Å². The summed E-state index contributed by atoms with van der Waals surface area (Å²) in [5.41, 5.74) is 0.483. The molecule has 106 valence electrons. The fourth-order valence-electron chi connectivity index (χ4n) is 2.00. The summed E-state index contributed by atoms with van der Waals surface area (Å²) in [5.74, 6) is 0.465. The van der Waals surface area contributed by atoms with Crippen LogP contribution in [-0.4, -0.2) is 20.3 Å². The van der Waals surface area contributed by atoms with E-state index in [1.807, 2.05) is 6.07 Å². The Hall–Kier alpha value is -2.23. The molecule has 3 rings (SSSR count). The van der Waals surface area contributed by atoms with Crippen molar-refractivity contribution in [3.8, 4) is 5.75 Å². The minimum atomic E-state index is -0.538. The maximum absolute atomic E-state index is 12.2. The highest BCUT2D eigenvalue weighted by Crippen LogP contribution is 2.32. The monoisotopic (exact) mass is 397 g/mol. The Kier molecular flexibility index (Phi) is 3.24. The first-order valence-corrected chi connectivity index (χ1v) is 6.95. The molecule has 21 heavy (non-hydrogen) atoms. The molecule has 0 unspecified atom stereocenters. The van der Waals surface area contributed by atoms with Crippen LogP contribution >= 0.6 is 22.6 Å². The highest BCUT2D eigenvalue weighted by atomic mass is 127. The Balaban J connectivity index is 2.00. The number of hydrogen-bond acceptors (Lipinski definition) is 5. The number of carbonyl (C=O) groups is 1. The van der Waals surface area contributed by atoms with E-state index in [9.17, 15) is 14.9 Å². The Bertz CT molecular complexity index is 810. The molecule has 1 aliphatic rings. The minimum Gasteiger partial charge on any atom is -0.452 e. The van der Waals surface area contributed by atoms with Gasteiger partial charge in [0.1, 0.15) is 11.9 Å². The highest BCUT2D eigenvalue weighted by molar-refractivity contribution is 14.1. The number of imidazole rings is 1. The lowest BCUT2D eigenvalue weighted by molar-refractivity contribution is -0.391. The Morgan fingerprint density at radius 1 is 1.48 bits per heavy atom.